The van der Waals surface area contributed by atoms with Crippen molar-refractivity contribution in [3.05, 3.63) is 53.8 Å². The van der Waals surface area contributed by atoms with Crippen LogP contribution >= 0.6 is 0 Å². The molecule has 1 fully saturated rings. The molecule has 1 amide bonds. The van der Waals surface area contributed by atoms with Gasteiger partial charge in [0.05, 0.1) is 19.2 Å². The zero-order valence-corrected chi connectivity index (χ0v) is 15.2. The van der Waals surface area contributed by atoms with Gasteiger partial charge in [0.2, 0.25) is 5.91 Å². The lowest BCUT2D eigenvalue weighted by Crippen LogP contribution is -2.44. The minimum absolute atomic E-state index is 0.0193. The van der Waals surface area contributed by atoms with Gasteiger partial charge < -0.3 is 19.9 Å². The van der Waals surface area contributed by atoms with Gasteiger partial charge in [-0.3, -0.25) is 4.79 Å². The Morgan fingerprint density at radius 1 is 1.15 bits per heavy atom. The third kappa shape index (κ3) is 4.32. The predicted octanol–water partition coefficient (Wildman–Crippen LogP) is 2.77. The maximum atomic E-state index is 13.8. The van der Waals surface area contributed by atoms with Gasteiger partial charge in [-0.05, 0) is 36.9 Å². The molecule has 0 spiro atoms. The summed E-state index contributed by atoms with van der Waals surface area (Å²) in [4.78, 5) is 17.0. The quantitative estimate of drug-likeness (QED) is 0.894. The van der Waals surface area contributed by atoms with E-state index in [4.69, 9.17) is 4.74 Å². The van der Waals surface area contributed by atoms with Crippen molar-refractivity contribution in [2.45, 2.75) is 6.42 Å². The zero-order chi connectivity index (χ0) is 18.5. The molecular weight excluding hydrogens is 333 g/mol. The van der Waals surface area contributed by atoms with Crippen LogP contribution in [0.3, 0.4) is 0 Å². The summed E-state index contributed by atoms with van der Waals surface area (Å²) in [7, 11) is 3.68. The van der Waals surface area contributed by atoms with Crippen molar-refractivity contribution >= 4 is 17.3 Å². The lowest BCUT2D eigenvalue weighted by Gasteiger charge is -2.34. The highest BCUT2D eigenvalue weighted by molar-refractivity contribution is 5.94. The molecule has 1 aliphatic heterocycles. The highest BCUT2D eigenvalue weighted by Gasteiger charge is 2.17. The molecule has 5 nitrogen and oxygen atoms in total. The summed E-state index contributed by atoms with van der Waals surface area (Å²) in [5, 5.41) is 2.86. The van der Waals surface area contributed by atoms with E-state index >= 15 is 0 Å². The lowest BCUT2D eigenvalue weighted by molar-refractivity contribution is -0.115. The molecule has 0 aromatic heterocycles. The lowest BCUT2D eigenvalue weighted by atomic mass is 10.1. The number of benzene rings is 2. The fourth-order valence-electron chi connectivity index (χ4n) is 3.06. The second-order valence-corrected chi connectivity index (χ2v) is 6.49. The first kappa shape index (κ1) is 18.2. The maximum Gasteiger partial charge on any atom is 0.229 e. The monoisotopic (exact) mass is 357 g/mol. The Bertz CT molecular complexity index is 773. The van der Waals surface area contributed by atoms with Gasteiger partial charge in [-0.1, -0.05) is 18.2 Å². The van der Waals surface area contributed by atoms with E-state index in [1.54, 1.807) is 25.3 Å². The average Bonchev–Trinajstić information content (AvgIpc) is 2.64. The summed E-state index contributed by atoms with van der Waals surface area (Å²) < 4.78 is 19.1. The van der Waals surface area contributed by atoms with E-state index in [1.807, 2.05) is 18.2 Å². The molecule has 0 aliphatic carbocycles. The van der Waals surface area contributed by atoms with E-state index in [2.05, 4.69) is 22.2 Å². The summed E-state index contributed by atoms with van der Waals surface area (Å²) in [6.07, 6.45) is -0.0193. The van der Waals surface area contributed by atoms with Crippen molar-refractivity contribution in [3.63, 3.8) is 0 Å². The van der Waals surface area contributed by atoms with E-state index < -0.39 is 0 Å². The molecule has 2 aromatic carbocycles. The average molecular weight is 357 g/mol. The van der Waals surface area contributed by atoms with Crippen molar-refractivity contribution < 1.29 is 13.9 Å². The fourth-order valence-corrected chi connectivity index (χ4v) is 3.06. The highest BCUT2D eigenvalue weighted by Crippen LogP contribution is 2.30. The first-order valence-electron chi connectivity index (χ1n) is 8.71. The normalized spacial score (nSPS) is 15.0. The number of nitrogens with zero attached hydrogens (tertiary/aromatic N) is 2. The molecule has 2 aromatic rings. The summed E-state index contributed by atoms with van der Waals surface area (Å²) in [5.74, 6) is -0.0607. The number of methoxy groups -OCH3 is 1. The van der Waals surface area contributed by atoms with Crippen LogP contribution in [0.25, 0.3) is 0 Å². The van der Waals surface area contributed by atoms with Crippen LogP contribution < -0.4 is 15.0 Å². The number of hydrogen-bond donors (Lipinski definition) is 1. The highest BCUT2D eigenvalue weighted by atomic mass is 19.1. The Morgan fingerprint density at radius 3 is 2.58 bits per heavy atom. The van der Waals surface area contributed by atoms with E-state index in [1.165, 1.54) is 6.07 Å². The minimum atomic E-state index is -0.374. The number of piperazine rings is 1. The number of anilines is 2. The first-order valence-corrected chi connectivity index (χ1v) is 8.71. The molecule has 138 valence electrons. The van der Waals surface area contributed by atoms with Crippen LogP contribution in [0.4, 0.5) is 15.8 Å². The van der Waals surface area contributed by atoms with Gasteiger partial charge in [-0.25, -0.2) is 4.39 Å². The summed E-state index contributed by atoms with van der Waals surface area (Å²) in [5.41, 5.74) is 2.02. The number of likely N-dealkylation sites (N-methyl/N-ethyl adjacent to an activating group) is 1. The van der Waals surface area contributed by atoms with Crippen LogP contribution in [0.1, 0.15) is 5.56 Å². The molecule has 1 N–H and O–H groups in total. The van der Waals surface area contributed by atoms with Crippen LogP contribution in [0.2, 0.25) is 0 Å². The molecule has 0 atom stereocenters. The number of amides is 1. The van der Waals surface area contributed by atoms with Crippen LogP contribution in [-0.2, 0) is 11.2 Å². The fraction of sp³-hybridized carbons (Fsp3) is 0.350. The second kappa shape index (κ2) is 8.19. The number of hydrogen-bond acceptors (Lipinski definition) is 4. The van der Waals surface area contributed by atoms with Crippen molar-refractivity contribution in [1.29, 1.82) is 0 Å². The van der Waals surface area contributed by atoms with E-state index in [9.17, 15) is 9.18 Å². The molecular formula is C20H24FN3O2. The number of ether oxygens (including phenoxy) is 1. The topological polar surface area (TPSA) is 44.8 Å². The Balaban J connectivity index is 1.74. The minimum Gasteiger partial charge on any atom is -0.495 e. The Labute approximate surface area is 153 Å². The molecule has 6 heteroatoms. The van der Waals surface area contributed by atoms with Crippen LogP contribution in [0.15, 0.2) is 42.5 Å². The van der Waals surface area contributed by atoms with E-state index in [0.717, 1.165) is 31.9 Å². The number of nitrogens with one attached hydrogen (secondary N) is 1. The largest absolute Gasteiger partial charge is 0.495 e. The van der Waals surface area contributed by atoms with Gasteiger partial charge in [0.25, 0.3) is 0 Å². The van der Waals surface area contributed by atoms with Crippen molar-refractivity contribution in [3.8, 4) is 5.75 Å². The molecule has 0 unspecified atom stereocenters. The van der Waals surface area contributed by atoms with Gasteiger partial charge in [-0.2, -0.15) is 0 Å². The molecule has 1 saturated heterocycles. The van der Waals surface area contributed by atoms with Crippen LogP contribution in [0, 0.1) is 5.82 Å². The molecule has 0 bridgehead atoms. The van der Waals surface area contributed by atoms with Gasteiger partial charge in [-0.15, -0.1) is 0 Å². The number of carbonyl (C=O) groups is 1. The summed E-state index contributed by atoms with van der Waals surface area (Å²) >= 11 is 0. The summed E-state index contributed by atoms with van der Waals surface area (Å²) in [6, 6.07) is 12.1. The van der Waals surface area contributed by atoms with Gasteiger partial charge in [0.1, 0.15) is 11.6 Å². The Hall–Kier alpha value is -2.60. The van der Waals surface area contributed by atoms with Crippen molar-refractivity contribution in [2.75, 3.05) is 50.6 Å². The first-order chi connectivity index (χ1) is 12.6. The van der Waals surface area contributed by atoms with E-state index in [-0.39, 0.29) is 18.1 Å². The van der Waals surface area contributed by atoms with Crippen LogP contribution in [-0.4, -0.2) is 51.1 Å². The third-order valence-corrected chi connectivity index (χ3v) is 4.63. The number of carbonyl (C=O) groups excluding carboxylic acids is 1. The summed E-state index contributed by atoms with van der Waals surface area (Å²) in [6.45, 7) is 3.87. The van der Waals surface area contributed by atoms with Gasteiger partial charge >= 0.3 is 0 Å². The molecule has 1 aliphatic rings. The van der Waals surface area contributed by atoms with Crippen molar-refractivity contribution in [1.82, 2.24) is 4.90 Å². The molecule has 26 heavy (non-hydrogen) atoms. The standard InChI is InChI=1S/C20H24FN3O2/c1-23-9-11-24(12-10-23)16-7-8-19(26-2)18(14-16)22-20(25)13-15-5-3-4-6-17(15)21/h3-8,14H,9-13H2,1-2H3,(H,22,25). The maximum absolute atomic E-state index is 13.8. The van der Waals surface area contributed by atoms with Crippen LogP contribution in [0.5, 0.6) is 5.75 Å². The van der Waals surface area contributed by atoms with Gasteiger partial charge in [0.15, 0.2) is 0 Å². The molecule has 3 rings (SSSR count). The van der Waals surface area contributed by atoms with Gasteiger partial charge in [0, 0.05) is 31.9 Å². The molecule has 0 saturated carbocycles. The Kier molecular flexibility index (Phi) is 5.73. The predicted molar refractivity (Wildman–Crippen MR) is 101 cm³/mol. The number of halogens is 1. The SMILES string of the molecule is COc1ccc(N2CCN(C)CC2)cc1NC(=O)Cc1ccccc1F. The van der Waals surface area contributed by atoms with Crippen molar-refractivity contribution in [2.24, 2.45) is 0 Å². The smallest absolute Gasteiger partial charge is 0.229 e. The second-order valence-electron chi connectivity index (χ2n) is 6.49. The third-order valence-electron chi connectivity index (χ3n) is 4.63. The molecule has 0 radical (unpaired) electrons. The van der Waals surface area contributed by atoms with E-state index in [0.29, 0.717) is 17.0 Å². The molecule has 1 heterocycles. The zero-order valence-electron chi connectivity index (χ0n) is 15.2. The Morgan fingerprint density at radius 2 is 1.88 bits per heavy atom. The number of rotatable bonds is 5.